The monoisotopic (exact) mass is 168 g/mol. The van der Waals surface area contributed by atoms with Crippen molar-refractivity contribution in [3.05, 3.63) is 0 Å². The van der Waals surface area contributed by atoms with Crippen LogP contribution in [0.15, 0.2) is 0 Å². The molecule has 0 aromatic carbocycles. The summed E-state index contributed by atoms with van der Waals surface area (Å²) in [6.07, 6.45) is 0.336. The molecule has 0 amide bonds. The van der Waals surface area contributed by atoms with Crippen LogP contribution in [0.25, 0.3) is 0 Å². The van der Waals surface area contributed by atoms with Crippen LogP contribution >= 0.6 is 0 Å². The van der Waals surface area contributed by atoms with Crippen LogP contribution in [0.3, 0.4) is 0 Å². The van der Waals surface area contributed by atoms with E-state index in [1.54, 1.807) is 0 Å². The number of aliphatic hydroxyl groups excluding tert-OH is 2. The molecule has 0 saturated heterocycles. The zero-order valence-corrected chi connectivity index (χ0v) is 8.41. The molecule has 1 atom stereocenters. The molecule has 0 aromatic heterocycles. The van der Waals surface area contributed by atoms with Crippen LogP contribution in [0.1, 0.15) is 6.42 Å². The number of carboxylic acid groups (broad SMARTS) is 1. The van der Waals surface area contributed by atoms with Crippen molar-refractivity contribution in [3.63, 3.8) is 0 Å². The number of aliphatic hydroxyl groups is 2. The summed E-state index contributed by atoms with van der Waals surface area (Å²) in [6.45, 7) is -0.551. The van der Waals surface area contributed by atoms with Crippen molar-refractivity contribution in [3.8, 4) is 0 Å². The Hall–Kier alpha value is 0.390. The van der Waals surface area contributed by atoms with Crippen LogP contribution in [-0.4, -0.2) is 29.4 Å². The van der Waals surface area contributed by atoms with Gasteiger partial charge in [0.25, 0.3) is 0 Å². The summed E-state index contributed by atoms with van der Waals surface area (Å²) in [6, 6.07) is 0. The first-order valence-electron chi connectivity index (χ1n) is 3.09. The van der Waals surface area contributed by atoms with Gasteiger partial charge >= 0.3 is 29.6 Å². The van der Waals surface area contributed by atoms with Crippen molar-refractivity contribution < 1.29 is 49.7 Å². The Kier molecular flexibility index (Phi) is 4.00. The molecule has 5 heteroatoms. The van der Waals surface area contributed by atoms with E-state index in [-0.39, 0.29) is 42.8 Å². The molecule has 1 aliphatic rings. The molecule has 0 aromatic rings. The fourth-order valence-electron chi connectivity index (χ4n) is 1.08. The van der Waals surface area contributed by atoms with E-state index >= 15 is 0 Å². The summed E-state index contributed by atoms with van der Waals surface area (Å²) < 4.78 is 0. The van der Waals surface area contributed by atoms with Gasteiger partial charge in [-0.25, -0.2) is 0 Å². The van der Waals surface area contributed by atoms with E-state index in [9.17, 15) is 9.90 Å². The Balaban J connectivity index is 0.000001000. The largest absolute Gasteiger partial charge is 1.00 e. The third kappa shape index (κ3) is 1.95. The van der Waals surface area contributed by atoms with Crippen molar-refractivity contribution in [2.24, 2.45) is 11.3 Å². The molecule has 0 aliphatic heterocycles. The first-order chi connectivity index (χ1) is 4.66. The van der Waals surface area contributed by atoms with E-state index in [0.717, 1.165) is 0 Å². The molecule has 1 unspecified atom stereocenters. The van der Waals surface area contributed by atoms with Gasteiger partial charge in [-0.15, -0.1) is 0 Å². The first-order valence-corrected chi connectivity index (χ1v) is 3.09. The number of hydrogen-bond donors (Lipinski definition) is 2. The van der Waals surface area contributed by atoms with Crippen molar-refractivity contribution in [2.75, 3.05) is 13.2 Å². The number of hydrogen-bond acceptors (Lipinski definition) is 4. The van der Waals surface area contributed by atoms with Gasteiger partial charge < -0.3 is 20.1 Å². The minimum Gasteiger partial charge on any atom is -0.550 e. The maximum Gasteiger partial charge on any atom is 1.00 e. The topological polar surface area (TPSA) is 80.6 Å². The summed E-state index contributed by atoms with van der Waals surface area (Å²) in [4.78, 5) is 10.2. The molecule has 58 valence electrons. The summed E-state index contributed by atoms with van der Waals surface area (Å²) in [5, 5.41) is 27.4. The maximum atomic E-state index is 10.2. The second-order valence-corrected chi connectivity index (χ2v) is 2.75. The molecule has 4 nitrogen and oxygen atoms in total. The summed E-state index contributed by atoms with van der Waals surface area (Å²) in [5.41, 5.74) is -0.779. The second kappa shape index (κ2) is 3.87. The predicted octanol–water partition coefficient (Wildman–Crippen LogP) is -5.27. The molecule has 0 heterocycles. The Bertz CT molecular complexity index is 155. The van der Waals surface area contributed by atoms with Crippen molar-refractivity contribution >= 4 is 5.97 Å². The molecule has 11 heavy (non-hydrogen) atoms. The van der Waals surface area contributed by atoms with Gasteiger partial charge in [-0.1, -0.05) is 0 Å². The van der Waals surface area contributed by atoms with Gasteiger partial charge in [-0.05, 0) is 6.42 Å². The minimum absolute atomic E-state index is 0. The zero-order chi connectivity index (χ0) is 7.78. The van der Waals surface area contributed by atoms with Crippen molar-refractivity contribution in [2.45, 2.75) is 6.42 Å². The Labute approximate surface area is 86.5 Å². The van der Waals surface area contributed by atoms with E-state index in [2.05, 4.69) is 0 Å². The standard InChI is InChI=1S/C6H10O4.Na/c7-2-6(3-8)1-4(6)5(9)10;/h4,7-8H,1-3H2,(H,9,10);/q;+1/p-1. The van der Waals surface area contributed by atoms with Gasteiger partial charge in [0.15, 0.2) is 0 Å². The zero-order valence-electron chi connectivity index (χ0n) is 6.41. The quantitative estimate of drug-likeness (QED) is 0.412. The van der Waals surface area contributed by atoms with Gasteiger partial charge in [-0.2, -0.15) is 0 Å². The summed E-state index contributed by atoms with van der Waals surface area (Å²) in [5.74, 6) is -1.83. The molecular formula is C6H9NaO4. The van der Waals surface area contributed by atoms with Gasteiger partial charge in [0.05, 0.1) is 13.2 Å². The van der Waals surface area contributed by atoms with Crippen molar-refractivity contribution in [1.82, 2.24) is 0 Å². The Morgan fingerprint density at radius 1 is 1.55 bits per heavy atom. The number of rotatable bonds is 3. The van der Waals surface area contributed by atoms with Crippen LogP contribution in [0.2, 0.25) is 0 Å². The average Bonchev–Trinajstić information content (AvgIpc) is 2.63. The molecule has 1 aliphatic carbocycles. The molecule has 1 rings (SSSR count). The van der Waals surface area contributed by atoms with Crippen LogP contribution in [0, 0.1) is 11.3 Å². The molecular weight excluding hydrogens is 159 g/mol. The fraction of sp³-hybridized carbons (Fsp3) is 0.833. The third-order valence-electron chi connectivity index (χ3n) is 2.10. The SMILES string of the molecule is O=C([O-])C1CC1(CO)CO.[Na+]. The normalized spacial score (nSPS) is 25.5. The van der Waals surface area contributed by atoms with Gasteiger partial charge in [0, 0.05) is 17.3 Å². The minimum atomic E-state index is -1.18. The van der Waals surface area contributed by atoms with Crippen LogP contribution in [0.5, 0.6) is 0 Å². The molecule has 1 saturated carbocycles. The predicted molar refractivity (Wildman–Crippen MR) is 29.7 cm³/mol. The van der Waals surface area contributed by atoms with Gasteiger partial charge in [0.2, 0.25) is 0 Å². The van der Waals surface area contributed by atoms with E-state index < -0.39 is 17.3 Å². The molecule has 1 fully saturated rings. The number of carboxylic acids is 1. The van der Waals surface area contributed by atoms with Crippen LogP contribution in [0.4, 0.5) is 0 Å². The van der Waals surface area contributed by atoms with Gasteiger partial charge in [-0.3, -0.25) is 0 Å². The number of carbonyl (C=O) groups is 1. The number of carbonyl (C=O) groups excluding carboxylic acids is 1. The molecule has 0 bridgehead atoms. The maximum absolute atomic E-state index is 10.2. The molecule has 0 spiro atoms. The van der Waals surface area contributed by atoms with Crippen LogP contribution in [-0.2, 0) is 4.79 Å². The van der Waals surface area contributed by atoms with E-state index in [4.69, 9.17) is 10.2 Å². The Morgan fingerprint density at radius 2 is 2.00 bits per heavy atom. The Morgan fingerprint density at radius 3 is 2.09 bits per heavy atom. The molecule has 2 N–H and O–H groups in total. The number of aliphatic carboxylic acids is 1. The summed E-state index contributed by atoms with van der Waals surface area (Å²) >= 11 is 0. The van der Waals surface area contributed by atoms with E-state index in [1.807, 2.05) is 0 Å². The van der Waals surface area contributed by atoms with E-state index in [1.165, 1.54) is 0 Å². The fourth-order valence-corrected chi connectivity index (χ4v) is 1.08. The summed E-state index contributed by atoms with van der Waals surface area (Å²) in [7, 11) is 0. The smallest absolute Gasteiger partial charge is 0.550 e. The first kappa shape index (κ1) is 11.4. The molecule has 0 radical (unpaired) electrons. The third-order valence-corrected chi connectivity index (χ3v) is 2.10. The van der Waals surface area contributed by atoms with E-state index in [0.29, 0.717) is 6.42 Å². The van der Waals surface area contributed by atoms with Crippen LogP contribution < -0.4 is 34.7 Å². The second-order valence-electron chi connectivity index (χ2n) is 2.75. The van der Waals surface area contributed by atoms with Gasteiger partial charge in [0.1, 0.15) is 0 Å². The average molecular weight is 168 g/mol. The van der Waals surface area contributed by atoms with Crippen molar-refractivity contribution in [1.29, 1.82) is 0 Å².